The third-order valence-corrected chi connectivity index (χ3v) is 8.62. The molecule has 46 heavy (non-hydrogen) atoms. The van der Waals surface area contributed by atoms with E-state index in [4.69, 9.17) is 0 Å². The van der Waals surface area contributed by atoms with Crippen molar-refractivity contribution >= 4 is 17.1 Å². The van der Waals surface area contributed by atoms with Crippen molar-refractivity contribution in [3.8, 4) is 22.3 Å². The summed E-state index contributed by atoms with van der Waals surface area (Å²) >= 11 is 0. The average Bonchev–Trinajstić information content (AvgIpc) is 3.12. The van der Waals surface area contributed by atoms with E-state index in [1.54, 1.807) is 0 Å². The minimum absolute atomic E-state index is 0.904. The summed E-state index contributed by atoms with van der Waals surface area (Å²) in [6.45, 7) is 2.14. The van der Waals surface area contributed by atoms with E-state index in [1.807, 2.05) is 0 Å². The van der Waals surface area contributed by atoms with Gasteiger partial charge in [0, 0.05) is 17.1 Å². The first-order chi connectivity index (χ1) is 22.7. The van der Waals surface area contributed by atoms with E-state index in [9.17, 15) is 0 Å². The van der Waals surface area contributed by atoms with Crippen LogP contribution in [0.3, 0.4) is 0 Å². The summed E-state index contributed by atoms with van der Waals surface area (Å²) in [6.07, 6.45) is 1.81. The van der Waals surface area contributed by atoms with Gasteiger partial charge in [-0.05, 0) is 101 Å². The Hall–Kier alpha value is -5.66. The minimum Gasteiger partial charge on any atom is -0.311 e. The Morgan fingerprint density at radius 2 is 0.587 bits per heavy atom. The van der Waals surface area contributed by atoms with Gasteiger partial charge in [-0.1, -0.05) is 151 Å². The minimum atomic E-state index is 0.904. The molecule has 0 N–H and O–H groups in total. The molecular weight excluding hydrogens is 555 g/mol. The van der Waals surface area contributed by atoms with Crippen LogP contribution in [0.15, 0.2) is 182 Å². The van der Waals surface area contributed by atoms with E-state index in [1.165, 1.54) is 50.1 Å². The summed E-state index contributed by atoms with van der Waals surface area (Å²) in [5.41, 5.74) is 14.9. The molecule has 0 spiro atoms. The molecule has 0 heterocycles. The van der Waals surface area contributed by atoms with Crippen LogP contribution in [-0.4, -0.2) is 0 Å². The van der Waals surface area contributed by atoms with Crippen LogP contribution in [0.1, 0.15) is 27.8 Å². The molecule has 0 aromatic heterocycles. The van der Waals surface area contributed by atoms with Gasteiger partial charge < -0.3 is 4.90 Å². The highest BCUT2D eigenvalue weighted by molar-refractivity contribution is 5.77. The number of hydrogen-bond donors (Lipinski definition) is 0. The second-order valence-electron chi connectivity index (χ2n) is 12.0. The largest absolute Gasteiger partial charge is 0.311 e. The number of aryl methyl sites for hydroxylation is 1. The second kappa shape index (κ2) is 13.5. The van der Waals surface area contributed by atoms with Crippen LogP contribution < -0.4 is 4.90 Å². The molecule has 222 valence electrons. The Morgan fingerprint density at radius 1 is 0.304 bits per heavy atom. The molecule has 1 nitrogen and oxygen atoms in total. The van der Waals surface area contributed by atoms with Crippen LogP contribution >= 0.6 is 0 Å². The maximum atomic E-state index is 2.34. The zero-order chi connectivity index (χ0) is 31.1. The Labute approximate surface area is 273 Å². The molecule has 0 amide bonds. The summed E-state index contributed by atoms with van der Waals surface area (Å²) in [5.74, 6) is 0. The van der Waals surface area contributed by atoms with Crippen molar-refractivity contribution in [2.75, 3.05) is 4.90 Å². The van der Waals surface area contributed by atoms with E-state index in [2.05, 4.69) is 194 Å². The number of nitrogens with zero attached hydrogens (tertiary/aromatic N) is 1. The van der Waals surface area contributed by atoms with Crippen molar-refractivity contribution in [2.24, 2.45) is 0 Å². The standard InChI is InChI=1S/C45H37N/c1-34-12-26-43(27-13-34)46(44-28-18-37(19-29-44)32-35-14-22-41(23-15-35)39-8-4-2-5-9-39)45-30-20-38(21-31-45)33-36-16-24-42(25-17-36)40-10-6-3-7-11-40/h2-31H,32-33H2,1H3. The maximum Gasteiger partial charge on any atom is 0.0461 e. The molecule has 0 fully saturated rings. The van der Waals surface area contributed by atoms with E-state index >= 15 is 0 Å². The molecule has 7 aromatic carbocycles. The highest BCUT2D eigenvalue weighted by Crippen LogP contribution is 2.35. The Kier molecular flexibility index (Phi) is 8.56. The van der Waals surface area contributed by atoms with Crippen molar-refractivity contribution < 1.29 is 0 Å². The lowest BCUT2D eigenvalue weighted by atomic mass is 9.99. The first-order valence-electron chi connectivity index (χ1n) is 16.0. The summed E-state index contributed by atoms with van der Waals surface area (Å²) < 4.78 is 0. The third kappa shape index (κ3) is 6.85. The lowest BCUT2D eigenvalue weighted by molar-refractivity contribution is 1.17. The molecule has 0 saturated heterocycles. The van der Waals surface area contributed by atoms with Gasteiger partial charge in [0.1, 0.15) is 0 Å². The summed E-state index contributed by atoms with van der Waals surface area (Å²) in [5, 5.41) is 0. The number of rotatable bonds is 9. The van der Waals surface area contributed by atoms with Crippen LogP contribution in [0.2, 0.25) is 0 Å². The van der Waals surface area contributed by atoms with E-state index in [-0.39, 0.29) is 0 Å². The zero-order valence-electron chi connectivity index (χ0n) is 26.2. The van der Waals surface area contributed by atoms with Crippen molar-refractivity contribution in [2.45, 2.75) is 19.8 Å². The molecular formula is C45H37N. The first-order valence-corrected chi connectivity index (χ1v) is 16.0. The van der Waals surface area contributed by atoms with Gasteiger partial charge in [0.25, 0.3) is 0 Å². The van der Waals surface area contributed by atoms with E-state index < -0.39 is 0 Å². The lowest BCUT2D eigenvalue weighted by Crippen LogP contribution is -2.10. The molecule has 0 aliphatic carbocycles. The topological polar surface area (TPSA) is 3.24 Å². The normalized spacial score (nSPS) is 10.9. The molecule has 0 saturated carbocycles. The van der Waals surface area contributed by atoms with Gasteiger partial charge in [-0.3, -0.25) is 0 Å². The molecule has 7 aromatic rings. The van der Waals surface area contributed by atoms with Gasteiger partial charge >= 0.3 is 0 Å². The number of benzene rings is 7. The van der Waals surface area contributed by atoms with Crippen molar-refractivity contribution in [1.29, 1.82) is 0 Å². The predicted octanol–water partition coefficient (Wildman–Crippen LogP) is 12.0. The number of anilines is 3. The highest BCUT2D eigenvalue weighted by atomic mass is 15.1. The van der Waals surface area contributed by atoms with Crippen LogP contribution in [-0.2, 0) is 12.8 Å². The fourth-order valence-electron chi connectivity index (χ4n) is 6.03. The van der Waals surface area contributed by atoms with Crippen molar-refractivity contribution in [3.05, 3.63) is 210 Å². The molecule has 0 atom stereocenters. The second-order valence-corrected chi connectivity index (χ2v) is 12.0. The Bertz CT molecular complexity index is 1840. The van der Waals surface area contributed by atoms with Crippen LogP contribution in [0.4, 0.5) is 17.1 Å². The zero-order valence-corrected chi connectivity index (χ0v) is 26.2. The van der Waals surface area contributed by atoms with Gasteiger partial charge in [-0.15, -0.1) is 0 Å². The average molecular weight is 592 g/mol. The maximum absolute atomic E-state index is 2.34. The molecule has 0 bridgehead atoms. The van der Waals surface area contributed by atoms with Crippen LogP contribution in [0, 0.1) is 6.92 Å². The predicted molar refractivity (Wildman–Crippen MR) is 195 cm³/mol. The highest BCUT2D eigenvalue weighted by Gasteiger charge is 2.13. The van der Waals surface area contributed by atoms with Crippen molar-refractivity contribution in [1.82, 2.24) is 0 Å². The molecule has 0 radical (unpaired) electrons. The SMILES string of the molecule is Cc1ccc(N(c2ccc(Cc3ccc(-c4ccccc4)cc3)cc2)c2ccc(Cc3ccc(-c4ccccc4)cc3)cc2)cc1. The van der Waals surface area contributed by atoms with E-state index in [0.717, 1.165) is 29.9 Å². The monoisotopic (exact) mass is 591 g/mol. The fraction of sp³-hybridized carbons (Fsp3) is 0.0667. The first kappa shape index (κ1) is 29.1. The molecule has 0 aliphatic rings. The Morgan fingerprint density at radius 3 is 0.935 bits per heavy atom. The summed E-state index contributed by atoms with van der Waals surface area (Å²) in [4.78, 5) is 2.34. The quantitative estimate of drug-likeness (QED) is 0.161. The molecule has 7 rings (SSSR count). The smallest absolute Gasteiger partial charge is 0.0461 e. The van der Waals surface area contributed by atoms with Gasteiger partial charge in [0.15, 0.2) is 0 Å². The van der Waals surface area contributed by atoms with Crippen LogP contribution in [0.5, 0.6) is 0 Å². The lowest BCUT2D eigenvalue weighted by Gasteiger charge is -2.26. The number of hydrogen-bond acceptors (Lipinski definition) is 1. The van der Waals surface area contributed by atoms with Gasteiger partial charge in [0.05, 0.1) is 0 Å². The Balaban J connectivity index is 1.08. The third-order valence-electron chi connectivity index (χ3n) is 8.62. The molecule has 0 unspecified atom stereocenters. The fourth-order valence-corrected chi connectivity index (χ4v) is 6.03. The summed E-state index contributed by atoms with van der Waals surface area (Å²) in [6, 6.07) is 65.8. The summed E-state index contributed by atoms with van der Waals surface area (Å²) in [7, 11) is 0. The van der Waals surface area contributed by atoms with E-state index in [0.29, 0.717) is 0 Å². The van der Waals surface area contributed by atoms with Gasteiger partial charge in [-0.25, -0.2) is 0 Å². The molecule has 1 heteroatoms. The van der Waals surface area contributed by atoms with Gasteiger partial charge in [-0.2, -0.15) is 0 Å². The van der Waals surface area contributed by atoms with Crippen molar-refractivity contribution in [3.63, 3.8) is 0 Å². The van der Waals surface area contributed by atoms with Crippen LogP contribution in [0.25, 0.3) is 22.3 Å². The van der Waals surface area contributed by atoms with Gasteiger partial charge in [0.2, 0.25) is 0 Å². The molecule has 0 aliphatic heterocycles.